The van der Waals surface area contributed by atoms with Gasteiger partial charge in [-0.25, -0.2) is 4.98 Å². The second kappa shape index (κ2) is 5.39. The van der Waals surface area contributed by atoms with Gasteiger partial charge in [0.1, 0.15) is 5.01 Å². The van der Waals surface area contributed by atoms with Gasteiger partial charge in [-0.1, -0.05) is 41.9 Å². The molecule has 0 fully saturated rings. The van der Waals surface area contributed by atoms with Crippen LogP contribution in [0.25, 0.3) is 15.0 Å². The summed E-state index contributed by atoms with van der Waals surface area (Å²) in [4.78, 5) is 29.6. The van der Waals surface area contributed by atoms with Gasteiger partial charge in [-0.15, -0.1) is 0 Å². The van der Waals surface area contributed by atoms with Crippen molar-refractivity contribution in [2.75, 3.05) is 0 Å². The highest BCUT2D eigenvalue weighted by Gasteiger charge is 2.11. The molecule has 4 aromatic rings. The van der Waals surface area contributed by atoms with E-state index in [2.05, 4.69) is 10.1 Å². The van der Waals surface area contributed by atoms with E-state index in [1.807, 2.05) is 31.2 Å². The first-order valence-corrected chi connectivity index (χ1v) is 8.72. The molecule has 0 saturated heterocycles. The van der Waals surface area contributed by atoms with E-state index in [4.69, 9.17) is 0 Å². The Morgan fingerprint density at radius 2 is 2.04 bits per heavy atom. The SMILES string of the molecule is CCc1nn2c(=O)cc(Cn3sc4ccccc4c3=O)nc2s1. The first-order valence-electron chi connectivity index (χ1n) is 7.13. The maximum Gasteiger partial charge on any atom is 0.275 e. The fourth-order valence-corrected chi connectivity index (χ4v) is 4.25. The van der Waals surface area contributed by atoms with Crippen LogP contribution in [-0.4, -0.2) is 18.6 Å². The summed E-state index contributed by atoms with van der Waals surface area (Å²) in [7, 11) is 0. The molecule has 0 aliphatic rings. The molecule has 116 valence electrons. The highest BCUT2D eigenvalue weighted by Crippen LogP contribution is 2.17. The van der Waals surface area contributed by atoms with Crippen molar-refractivity contribution in [1.29, 1.82) is 0 Å². The molecule has 1 aromatic carbocycles. The second-order valence-electron chi connectivity index (χ2n) is 5.06. The normalized spacial score (nSPS) is 11.5. The summed E-state index contributed by atoms with van der Waals surface area (Å²) >= 11 is 2.78. The van der Waals surface area contributed by atoms with E-state index in [-0.39, 0.29) is 11.1 Å². The molecule has 0 aliphatic carbocycles. The molecular formula is C15H12N4O2S2. The molecule has 0 aliphatic heterocycles. The van der Waals surface area contributed by atoms with Crippen LogP contribution in [0.2, 0.25) is 0 Å². The zero-order chi connectivity index (χ0) is 16.0. The van der Waals surface area contributed by atoms with Gasteiger partial charge in [0.05, 0.1) is 22.3 Å². The number of fused-ring (bicyclic) bond motifs is 2. The zero-order valence-corrected chi connectivity index (χ0v) is 13.9. The number of aryl methyl sites for hydroxylation is 1. The summed E-state index contributed by atoms with van der Waals surface area (Å²) in [5.74, 6) is 0. The lowest BCUT2D eigenvalue weighted by atomic mass is 10.3. The van der Waals surface area contributed by atoms with Gasteiger partial charge in [0.25, 0.3) is 11.1 Å². The predicted octanol–water partition coefficient (Wildman–Crippen LogP) is 2.14. The highest BCUT2D eigenvalue weighted by molar-refractivity contribution is 7.16. The van der Waals surface area contributed by atoms with E-state index < -0.39 is 0 Å². The number of aromatic nitrogens is 4. The maximum atomic E-state index is 12.4. The quantitative estimate of drug-likeness (QED) is 0.571. The van der Waals surface area contributed by atoms with Gasteiger partial charge in [0.15, 0.2) is 0 Å². The Hall–Kier alpha value is -2.32. The second-order valence-corrected chi connectivity index (χ2v) is 7.16. The van der Waals surface area contributed by atoms with Crippen molar-refractivity contribution >= 4 is 37.9 Å². The summed E-state index contributed by atoms with van der Waals surface area (Å²) in [5.41, 5.74) is 0.316. The molecule has 0 bridgehead atoms. The number of benzene rings is 1. The lowest BCUT2D eigenvalue weighted by molar-refractivity contribution is 0.796. The van der Waals surface area contributed by atoms with Gasteiger partial charge >= 0.3 is 0 Å². The van der Waals surface area contributed by atoms with Crippen molar-refractivity contribution in [2.45, 2.75) is 19.9 Å². The minimum Gasteiger partial charge on any atom is -0.268 e. The summed E-state index contributed by atoms with van der Waals surface area (Å²) in [6.07, 6.45) is 0.762. The van der Waals surface area contributed by atoms with E-state index in [1.165, 1.54) is 33.5 Å². The molecule has 23 heavy (non-hydrogen) atoms. The molecule has 0 saturated carbocycles. The maximum absolute atomic E-state index is 12.4. The molecule has 3 heterocycles. The Bertz CT molecular complexity index is 1140. The first-order chi connectivity index (χ1) is 11.2. The molecule has 0 spiro atoms. The molecule has 0 amide bonds. The summed E-state index contributed by atoms with van der Waals surface area (Å²) in [6, 6.07) is 8.93. The molecule has 4 rings (SSSR count). The lowest BCUT2D eigenvalue weighted by Gasteiger charge is -1.99. The Morgan fingerprint density at radius 3 is 2.83 bits per heavy atom. The molecule has 0 atom stereocenters. The molecule has 6 nitrogen and oxygen atoms in total. The average molecular weight is 344 g/mol. The van der Waals surface area contributed by atoms with E-state index >= 15 is 0 Å². The summed E-state index contributed by atoms with van der Waals surface area (Å²) < 4.78 is 3.88. The van der Waals surface area contributed by atoms with E-state index in [9.17, 15) is 9.59 Å². The molecular weight excluding hydrogens is 332 g/mol. The van der Waals surface area contributed by atoms with Crippen molar-refractivity contribution < 1.29 is 0 Å². The number of hydrogen-bond donors (Lipinski definition) is 0. The van der Waals surface area contributed by atoms with Crippen LogP contribution in [0.1, 0.15) is 17.6 Å². The molecule has 0 radical (unpaired) electrons. The van der Waals surface area contributed by atoms with Crippen molar-refractivity contribution in [2.24, 2.45) is 0 Å². The summed E-state index contributed by atoms with van der Waals surface area (Å²) in [6.45, 7) is 2.28. The van der Waals surface area contributed by atoms with Gasteiger partial charge in [0.2, 0.25) is 4.96 Å². The van der Waals surface area contributed by atoms with E-state index in [0.29, 0.717) is 22.6 Å². The predicted molar refractivity (Wildman–Crippen MR) is 91.7 cm³/mol. The summed E-state index contributed by atoms with van der Waals surface area (Å²) in [5, 5.41) is 5.79. The number of hydrogen-bond acceptors (Lipinski definition) is 6. The van der Waals surface area contributed by atoms with Gasteiger partial charge in [0, 0.05) is 6.07 Å². The van der Waals surface area contributed by atoms with Gasteiger partial charge in [-0.3, -0.25) is 13.5 Å². The van der Waals surface area contributed by atoms with E-state index in [1.54, 1.807) is 3.96 Å². The number of nitrogens with zero attached hydrogens (tertiary/aromatic N) is 4. The Labute approximate surface area is 138 Å². The van der Waals surface area contributed by atoms with Crippen LogP contribution in [0, 0.1) is 0 Å². The van der Waals surface area contributed by atoms with Crippen LogP contribution in [0.4, 0.5) is 0 Å². The van der Waals surface area contributed by atoms with Gasteiger partial charge in [-0.2, -0.15) is 9.61 Å². The highest BCUT2D eigenvalue weighted by atomic mass is 32.1. The van der Waals surface area contributed by atoms with Crippen LogP contribution >= 0.6 is 22.9 Å². The largest absolute Gasteiger partial charge is 0.275 e. The first kappa shape index (κ1) is 14.3. The van der Waals surface area contributed by atoms with Crippen LogP contribution in [0.3, 0.4) is 0 Å². The topological polar surface area (TPSA) is 69.3 Å². The standard InChI is InChI=1S/C15H12N4O2S2/c1-2-12-17-19-13(20)7-9(16-15(19)22-12)8-18-14(21)10-5-3-4-6-11(10)23-18/h3-7H,2,8H2,1H3. The smallest absolute Gasteiger partial charge is 0.268 e. The molecule has 0 unspecified atom stereocenters. The third-order valence-corrected chi connectivity index (χ3v) is 5.62. The van der Waals surface area contributed by atoms with Crippen molar-refractivity contribution in [1.82, 2.24) is 18.6 Å². The van der Waals surface area contributed by atoms with Crippen LogP contribution < -0.4 is 11.1 Å². The average Bonchev–Trinajstić information content (AvgIpc) is 3.10. The van der Waals surface area contributed by atoms with Crippen LogP contribution in [0.15, 0.2) is 39.9 Å². The molecule has 8 heteroatoms. The van der Waals surface area contributed by atoms with Crippen molar-refractivity contribution in [3.8, 4) is 0 Å². The molecule has 3 aromatic heterocycles. The monoisotopic (exact) mass is 344 g/mol. The number of rotatable bonds is 3. The van der Waals surface area contributed by atoms with Crippen LogP contribution in [-0.2, 0) is 13.0 Å². The minimum atomic E-state index is -0.213. The Kier molecular flexibility index (Phi) is 3.35. The van der Waals surface area contributed by atoms with Gasteiger partial charge in [-0.05, 0) is 18.6 Å². The fraction of sp³-hybridized carbons (Fsp3) is 0.200. The third-order valence-electron chi connectivity index (χ3n) is 3.50. The van der Waals surface area contributed by atoms with Crippen LogP contribution in [0.5, 0.6) is 0 Å². The zero-order valence-electron chi connectivity index (χ0n) is 12.2. The van der Waals surface area contributed by atoms with Crippen molar-refractivity contribution in [3.05, 3.63) is 61.7 Å². The minimum absolute atomic E-state index is 0.0499. The Balaban J connectivity index is 1.81. The van der Waals surface area contributed by atoms with E-state index in [0.717, 1.165) is 16.1 Å². The lowest BCUT2D eigenvalue weighted by Crippen LogP contribution is -2.19. The molecule has 0 N–H and O–H groups in total. The Morgan fingerprint density at radius 1 is 1.22 bits per heavy atom. The van der Waals surface area contributed by atoms with Crippen molar-refractivity contribution in [3.63, 3.8) is 0 Å². The third kappa shape index (κ3) is 2.40. The fourth-order valence-electron chi connectivity index (χ4n) is 2.39. The van der Waals surface area contributed by atoms with Gasteiger partial charge < -0.3 is 0 Å².